The Morgan fingerprint density at radius 3 is 2.62 bits per heavy atom. The lowest BCUT2D eigenvalue weighted by Crippen LogP contribution is -2.45. The molecule has 1 amide bonds. The number of amides is 1. The second-order valence-corrected chi connectivity index (χ2v) is 6.80. The molecule has 0 radical (unpaired) electrons. The zero-order chi connectivity index (χ0) is 18.3. The normalized spacial score (nSPS) is 12.5. The van der Waals surface area contributed by atoms with Crippen LogP contribution in [-0.4, -0.2) is 38.1 Å². The molecule has 0 fully saturated rings. The van der Waals surface area contributed by atoms with Gasteiger partial charge in [0.25, 0.3) is 5.91 Å². The molecule has 0 aliphatic rings. The number of halogens is 2. The predicted octanol–water partition coefficient (Wildman–Crippen LogP) is -0.315. The number of carbonyl (C=O) groups excluding carboxylic acids is 1. The van der Waals surface area contributed by atoms with Crippen LogP contribution >= 0.6 is 11.6 Å². The van der Waals surface area contributed by atoms with Gasteiger partial charge in [0.05, 0.1) is 9.92 Å². The molecule has 0 heterocycles. The van der Waals surface area contributed by atoms with Gasteiger partial charge in [-0.3, -0.25) is 15.0 Å². The fraction of sp³-hybridized carbons (Fsp3) is 0.333. The van der Waals surface area contributed by atoms with E-state index in [4.69, 9.17) is 28.3 Å². The number of nitrogens with two attached hydrogens (primary N) is 2. The first-order chi connectivity index (χ1) is 11.2. The van der Waals surface area contributed by atoms with E-state index in [0.717, 1.165) is 18.2 Å². The van der Waals surface area contributed by atoms with Crippen molar-refractivity contribution in [1.29, 1.82) is 0 Å². The zero-order valence-corrected chi connectivity index (χ0v) is 13.9. The van der Waals surface area contributed by atoms with Crippen LogP contribution in [0.25, 0.3) is 0 Å². The summed E-state index contributed by atoms with van der Waals surface area (Å²) < 4.78 is 39.7. The van der Waals surface area contributed by atoms with E-state index in [1.165, 1.54) is 5.48 Å². The fourth-order valence-corrected chi connectivity index (χ4v) is 3.23. The molecule has 0 aliphatic carbocycles. The monoisotopic (exact) mass is 381 g/mol. The molecular formula is C12H17ClFN5O4S. The van der Waals surface area contributed by atoms with Crippen molar-refractivity contribution in [1.82, 2.24) is 10.2 Å². The third-order valence-electron chi connectivity index (χ3n) is 2.87. The maximum Gasteiger partial charge on any atom is 0.261 e. The number of hydrogen-bond acceptors (Lipinski definition) is 5. The van der Waals surface area contributed by atoms with Gasteiger partial charge >= 0.3 is 0 Å². The first-order valence-electron chi connectivity index (χ1n) is 6.64. The lowest BCUT2D eigenvalue weighted by Gasteiger charge is -2.16. The average Bonchev–Trinajstić information content (AvgIpc) is 2.51. The van der Waals surface area contributed by atoms with Crippen molar-refractivity contribution in [2.75, 3.05) is 6.54 Å². The number of guanidine groups is 1. The summed E-state index contributed by atoms with van der Waals surface area (Å²) in [7, 11) is -4.17. The van der Waals surface area contributed by atoms with Gasteiger partial charge in [-0.2, -0.15) is 4.72 Å². The Bertz CT molecular complexity index is 724. The fourth-order valence-electron chi connectivity index (χ4n) is 1.72. The molecule has 0 bridgehead atoms. The first kappa shape index (κ1) is 20.1. The topological polar surface area (TPSA) is 160 Å². The van der Waals surface area contributed by atoms with Gasteiger partial charge in [0.1, 0.15) is 11.9 Å². The third-order valence-corrected chi connectivity index (χ3v) is 4.63. The Morgan fingerprint density at radius 1 is 1.42 bits per heavy atom. The van der Waals surface area contributed by atoms with Crippen LogP contribution in [0.1, 0.15) is 12.8 Å². The minimum atomic E-state index is -4.17. The first-order valence-corrected chi connectivity index (χ1v) is 8.50. The highest BCUT2D eigenvalue weighted by Crippen LogP contribution is 2.19. The van der Waals surface area contributed by atoms with Crippen molar-refractivity contribution in [3.8, 4) is 0 Å². The molecule has 1 aromatic rings. The van der Waals surface area contributed by atoms with E-state index in [0.29, 0.717) is 0 Å². The summed E-state index contributed by atoms with van der Waals surface area (Å²) in [5, 5.41) is 8.34. The van der Waals surface area contributed by atoms with Crippen molar-refractivity contribution in [2.24, 2.45) is 16.5 Å². The largest absolute Gasteiger partial charge is 0.370 e. The number of benzene rings is 1. The van der Waals surface area contributed by atoms with Crippen LogP contribution in [0.5, 0.6) is 0 Å². The van der Waals surface area contributed by atoms with Crippen LogP contribution in [0, 0.1) is 5.82 Å². The molecule has 0 spiro atoms. The van der Waals surface area contributed by atoms with E-state index in [1.54, 1.807) is 0 Å². The molecule has 7 N–H and O–H groups in total. The molecule has 1 rings (SSSR count). The molecule has 9 nitrogen and oxygen atoms in total. The summed E-state index contributed by atoms with van der Waals surface area (Å²) in [5.41, 5.74) is 11.7. The average molecular weight is 382 g/mol. The van der Waals surface area contributed by atoms with E-state index in [2.05, 4.69) is 9.71 Å². The Kier molecular flexibility index (Phi) is 7.35. The van der Waals surface area contributed by atoms with Gasteiger partial charge < -0.3 is 11.5 Å². The summed E-state index contributed by atoms with van der Waals surface area (Å²) in [6.07, 6.45) is 0.278. The number of hydroxylamine groups is 1. The van der Waals surface area contributed by atoms with E-state index >= 15 is 0 Å². The molecule has 0 saturated carbocycles. The van der Waals surface area contributed by atoms with Crippen LogP contribution in [0.15, 0.2) is 28.1 Å². The number of aliphatic imine (C=N–C) groups is 1. The number of nitrogens with zero attached hydrogens (tertiary/aromatic N) is 1. The summed E-state index contributed by atoms with van der Waals surface area (Å²) in [5.74, 6) is -1.88. The molecule has 0 saturated heterocycles. The molecule has 1 aromatic carbocycles. The number of nitrogens with one attached hydrogen (secondary N) is 2. The van der Waals surface area contributed by atoms with E-state index < -0.39 is 27.8 Å². The maximum absolute atomic E-state index is 13.1. The highest BCUT2D eigenvalue weighted by atomic mass is 35.5. The molecule has 24 heavy (non-hydrogen) atoms. The van der Waals surface area contributed by atoms with Gasteiger partial charge in [-0.1, -0.05) is 11.6 Å². The van der Waals surface area contributed by atoms with E-state index in [1.807, 2.05) is 0 Å². The van der Waals surface area contributed by atoms with Crippen LogP contribution in [0.4, 0.5) is 4.39 Å². The highest BCUT2D eigenvalue weighted by molar-refractivity contribution is 7.89. The maximum atomic E-state index is 13.1. The number of hydrogen-bond donors (Lipinski definition) is 5. The molecular weight excluding hydrogens is 365 g/mol. The van der Waals surface area contributed by atoms with Crippen molar-refractivity contribution in [3.63, 3.8) is 0 Å². The Labute approximate surface area is 142 Å². The van der Waals surface area contributed by atoms with Crippen molar-refractivity contribution >= 4 is 33.5 Å². The minimum absolute atomic E-state index is 0.0112. The van der Waals surface area contributed by atoms with Crippen LogP contribution in [-0.2, 0) is 14.8 Å². The summed E-state index contributed by atoms with van der Waals surface area (Å²) in [6, 6.07) is 1.51. The second kappa shape index (κ2) is 8.78. The summed E-state index contributed by atoms with van der Waals surface area (Å²) in [4.78, 5) is 15.0. The summed E-state index contributed by atoms with van der Waals surface area (Å²) >= 11 is 5.55. The molecule has 1 atom stereocenters. The zero-order valence-electron chi connectivity index (χ0n) is 12.4. The van der Waals surface area contributed by atoms with Gasteiger partial charge in [-0.05, 0) is 31.0 Å². The second-order valence-electron chi connectivity index (χ2n) is 4.67. The quantitative estimate of drug-likeness (QED) is 0.136. The van der Waals surface area contributed by atoms with E-state index in [9.17, 15) is 17.6 Å². The molecule has 1 unspecified atom stereocenters. The summed E-state index contributed by atoms with van der Waals surface area (Å²) in [6.45, 7) is 0.168. The van der Waals surface area contributed by atoms with Crippen LogP contribution in [0.2, 0.25) is 5.02 Å². The van der Waals surface area contributed by atoms with Gasteiger partial charge in [-0.25, -0.2) is 18.3 Å². The van der Waals surface area contributed by atoms with Crippen molar-refractivity contribution < 1.29 is 22.8 Å². The van der Waals surface area contributed by atoms with Crippen molar-refractivity contribution in [2.45, 2.75) is 23.8 Å². The SMILES string of the molecule is NC(N)=NCCCC(NS(=O)(=O)c1ccc(F)c(Cl)c1)C(=O)NO. The number of sulfonamides is 1. The lowest BCUT2D eigenvalue weighted by molar-refractivity contribution is -0.131. The lowest BCUT2D eigenvalue weighted by atomic mass is 10.1. The number of rotatable bonds is 8. The van der Waals surface area contributed by atoms with Crippen LogP contribution in [0.3, 0.4) is 0 Å². The van der Waals surface area contributed by atoms with Crippen LogP contribution < -0.4 is 21.7 Å². The molecule has 12 heteroatoms. The van der Waals surface area contributed by atoms with Crippen molar-refractivity contribution in [3.05, 3.63) is 29.0 Å². The molecule has 0 aromatic heterocycles. The standard InChI is InChI=1S/C12H17ClFN5O4S/c13-8-6-7(3-4-9(8)14)24(22,23)19-10(11(20)18-21)2-1-5-17-12(15)16/h3-4,6,10,19,21H,1-2,5H2,(H,18,20)(H4,15,16,17). The molecule has 0 aliphatic heterocycles. The Balaban J connectivity index is 2.89. The highest BCUT2D eigenvalue weighted by Gasteiger charge is 2.25. The smallest absolute Gasteiger partial charge is 0.261 e. The third kappa shape index (κ3) is 5.92. The molecule has 134 valence electrons. The van der Waals surface area contributed by atoms with Gasteiger partial charge in [0.2, 0.25) is 10.0 Å². The van der Waals surface area contributed by atoms with Gasteiger partial charge in [0.15, 0.2) is 5.96 Å². The van der Waals surface area contributed by atoms with Gasteiger partial charge in [-0.15, -0.1) is 0 Å². The number of carbonyl (C=O) groups is 1. The minimum Gasteiger partial charge on any atom is -0.370 e. The predicted molar refractivity (Wildman–Crippen MR) is 85.4 cm³/mol. The Hall–Kier alpha value is -1.95. The Morgan fingerprint density at radius 2 is 2.08 bits per heavy atom. The van der Waals surface area contributed by atoms with Gasteiger partial charge in [0, 0.05) is 6.54 Å². The van der Waals surface area contributed by atoms with E-state index in [-0.39, 0.29) is 35.3 Å².